The summed E-state index contributed by atoms with van der Waals surface area (Å²) in [6.45, 7) is 7.54. The number of thiazole rings is 1. The van der Waals surface area contributed by atoms with E-state index in [4.69, 9.17) is 0 Å². The van der Waals surface area contributed by atoms with Crippen LogP contribution in [0, 0.1) is 31.5 Å². The topological polar surface area (TPSA) is 62.3 Å². The third-order valence-electron chi connectivity index (χ3n) is 6.62. The number of hydrogen-bond acceptors (Lipinski definition) is 4. The summed E-state index contributed by atoms with van der Waals surface area (Å²) in [6, 6.07) is 14.3. The third kappa shape index (κ3) is 5.53. The van der Waals surface area contributed by atoms with Gasteiger partial charge in [-0.1, -0.05) is 48.9 Å². The number of benzene rings is 2. The van der Waals surface area contributed by atoms with E-state index in [1.807, 2.05) is 37.8 Å². The molecule has 1 aliphatic heterocycles. The Morgan fingerprint density at radius 2 is 1.74 bits per heavy atom. The minimum Gasteiger partial charge on any atom is -0.352 e. The number of carbonyl (C=O) groups is 2. The molecule has 1 N–H and O–H groups in total. The fourth-order valence-corrected chi connectivity index (χ4v) is 5.37. The van der Waals surface area contributed by atoms with Crippen molar-refractivity contribution in [1.29, 1.82) is 0 Å². The van der Waals surface area contributed by atoms with Crippen LogP contribution in [0.25, 0.3) is 10.6 Å². The number of likely N-dealkylation sites (tertiary alicyclic amines) is 1. The van der Waals surface area contributed by atoms with Crippen LogP contribution in [-0.4, -0.2) is 34.8 Å². The number of rotatable bonds is 6. The number of hydrogen-bond donors (Lipinski definition) is 1. The lowest BCUT2D eigenvalue weighted by Crippen LogP contribution is -2.42. The molecule has 1 saturated heterocycles. The van der Waals surface area contributed by atoms with Crippen LogP contribution in [0.1, 0.15) is 46.3 Å². The number of aromatic nitrogens is 1. The highest BCUT2D eigenvalue weighted by molar-refractivity contribution is 7.17. The van der Waals surface area contributed by atoms with E-state index in [-0.39, 0.29) is 29.5 Å². The SMILES string of the molecule is Cc1ccc(-c2nc(C)c(C(=O)N3CCC([C@H](C)C(=O)NCc4ccc(F)cc4)CC3)s2)cc1. The van der Waals surface area contributed by atoms with E-state index in [0.717, 1.165) is 34.7 Å². The van der Waals surface area contributed by atoms with Gasteiger partial charge in [-0.2, -0.15) is 0 Å². The maximum Gasteiger partial charge on any atom is 0.265 e. The van der Waals surface area contributed by atoms with Gasteiger partial charge in [-0.3, -0.25) is 9.59 Å². The van der Waals surface area contributed by atoms with Crippen LogP contribution in [-0.2, 0) is 11.3 Å². The number of nitrogens with one attached hydrogen (secondary N) is 1. The largest absolute Gasteiger partial charge is 0.352 e. The Bertz CT molecular complexity index is 1150. The minimum atomic E-state index is -0.287. The van der Waals surface area contributed by atoms with Crippen LogP contribution in [0.2, 0.25) is 0 Å². The minimum absolute atomic E-state index is 0.00450. The van der Waals surface area contributed by atoms with Crippen molar-refractivity contribution in [3.63, 3.8) is 0 Å². The molecule has 1 aromatic heterocycles. The molecule has 2 amide bonds. The van der Waals surface area contributed by atoms with Crippen molar-refractivity contribution in [2.24, 2.45) is 11.8 Å². The summed E-state index contributed by atoms with van der Waals surface area (Å²) < 4.78 is 13.0. The fourth-order valence-electron chi connectivity index (χ4n) is 4.33. The van der Waals surface area contributed by atoms with Crippen LogP contribution < -0.4 is 5.32 Å². The molecule has 7 heteroatoms. The molecule has 1 atom stereocenters. The summed E-state index contributed by atoms with van der Waals surface area (Å²) in [7, 11) is 0. The molecular weight excluding hydrogens is 449 g/mol. The number of piperidine rings is 1. The summed E-state index contributed by atoms with van der Waals surface area (Å²) >= 11 is 1.45. The first kappa shape index (κ1) is 24.1. The average molecular weight is 480 g/mol. The molecule has 0 saturated carbocycles. The Kier molecular flexibility index (Phi) is 7.41. The quantitative estimate of drug-likeness (QED) is 0.517. The lowest BCUT2D eigenvalue weighted by Gasteiger charge is -2.34. The number of nitrogens with zero attached hydrogens (tertiary/aromatic N) is 2. The first-order valence-electron chi connectivity index (χ1n) is 11.7. The molecule has 34 heavy (non-hydrogen) atoms. The molecule has 0 unspecified atom stereocenters. The van der Waals surface area contributed by atoms with Crippen molar-refractivity contribution in [3.05, 3.63) is 76.0 Å². The van der Waals surface area contributed by atoms with Gasteiger partial charge in [-0.05, 0) is 50.3 Å². The van der Waals surface area contributed by atoms with Crippen LogP contribution in [0.4, 0.5) is 4.39 Å². The van der Waals surface area contributed by atoms with E-state index in [0.29, 0.717) is 24.5 Å². The molecule has 5 nitrogen and oxygen atoms in total. The van der Waals surface area contributed by atoms with Gasteiger partial charge >= 0.3 is 0 Å². The number of carbonyl (C=O) groups excluding carboxylic acids is 2. The molecule has 1 aliphatic rings. The van der Waals surface area contributed by atoms with Gasteiger partial charge in [0.15, 0.2) is 0 Å². The number of amides is 2. The summed E-state index contributed by atoms with van der Waals surface area (Å²) in [5.74, 6) is -0.182. The van der Waals surface area contributed by atoms with Crippen molar-refractivity contribution in [1.82, 2.24) is 15.2 Å². The Balaban J connectivity index is 1.31. The van der Waals surface area contributed by atoms with Gasteiger partial charge in [0.1, 0.15) is 15.7 Å². The smallest absolute Gasteiger partial charge is 0.265 e. The van der Waals surface area contributed by atoms with Gasteiger partial charge in [0.25, 0.3) is 5.91 Å². The van der Waals surface area contributed by atoms with Gasteiger partial charge in [-0.15, -0.1) is 11.3 Å². The molecule has 0 spiro atoms. The van der Waals surface area contributed by atoms with Crippen LogP contribution >= 0.6 is 11.3 Å². The molecule has 0 aliphatic carbocycles. The molecule has 4 rings (SSSR count). The van der Waals surface area contributed by atoms with Gasteiger partial charge in [0.05, 0.1) is 5.69 Å². The van der Waals surface area contributed by atoms with E-state index in [1.54, 1.807) is 12.1 Å². The summed E-state index contributed by atoms with van der Waals surface area (Å²) in [5.41, 5.74) is 3.85. The van der Waals surface area contributed by atoms with E-state index in [2.05, 4.69) is 22.4 Å². The Hall–Kier alpha value is -3.06. The lowest BCUT2D eigenvalue weighted by molar-refractivity contribution is -0.126. The van der Waals surface area contributed by atoms with Crippen LogP contribution in [0.3, 0.4) is 0 Å². The van der Waals surface area contributed by atoms with Crippen molar-refractivity contribution in [2.45, 2.75) is 40.2 Å². The van der Waals surface area contributed by atoms with Gasteiger partial charge < -0.3 is 10.2 Å². The molecule has 0 radical (unpaired) electrons. The van der Waals surface area contributed by atoms with Crippen molar-refractivity contribution in [3.8, 4) is 10.6 Å². The van der Waals surface area contributed by atoms with E-state index in [1.165, 1.54) is 29.0 Å². The lowest BCUT2D eigenvalue weighted by atomic mass is 9.84. The van der Waals surface area contributed by atoms with Crippen molar-refractivity contribution < 1.29 is 14.0 Å². The second-order valence-electron chi connectivity index (χ2n) is 9.06. The molecule has 1 fully saturated rings. The van der Waals surface area contributed by atoms with E-state index >= 15 is 0 Å². The maximum atomic E-state index is 13.2. The second-order valence-corrected chi connectivity index (χ2v) is 10.1. The Labute approximate surface area is 204 Å². The molecule has 0 bridgehead atoms. The highest BCUT2D eigenvalue weighted by Crippen LogP contribution is 2.31. The highest BCUT2D eigenvalue weighted by Gasteiger charge is 2.31. The monoisotopic (exact) mass is 479 g/mol. The van der Waals surface area contributed by atoms with Gasteiger partial charge in [0.2, 0.25) is 5.91 Å². The van der Waals surface area contributed by atoms with Gasteiger partial charge in [-0.25, -0.2) is 9.37 Å². The average Bonchev–Trinajstić information content (AvgIpc) is 3.24. The predicted octanol–water partition coefficient (Wildman–Crippen LogP) is 5.37. The predicted molar refractivity (Wildman–Crippen MR) is 133 cm³/mol. The van der Waals surface area contributed by atoms with E-state index < -0.39 is 0 Å². The first-order valence-corrected chi connectivity index (χ1v) is 12.5. The van der Waals surface area contributed by atoms with Crippen molar-refractivity contribution in [2.75, 3.05) is 13.1 Å². The zero-order valence-corrected chi connectivity index (χ0v) is 20.6. The molecule has 3 aromatic rings. The summed E-state index contributed by atoms with van der Waals surface area (Å²) in [5, 5.41) is 3.82. The molecule has 2 heterocycles. The molecule has 2 aromatic carbocycles. The summed E-state index contributed by atoms with van der Waals surface area (Å²) in [4.78, 5) is 33.1. The highest BCUT2D eigenvalue weighted by atomic mass is 32.1. The fraction of sp³-hybridized carbons (Fsp3) is 0.370. The summed E-state index contributed by atoms with van der Waals surface area (Å²) in [6.07, 6.45) is 1.58. The molecule has 178 valence electrons. The normalized spacial score (nSPS) is 15.2. The maximum absolute atomic E-state index is 13.2. The first-order chi connectivity index (χ1) is 16.3. The zero-order valence-electron chi connectivity index (χ0n) is 19.8. The van der Waals surface area contributed by atoms with Crippen LogP contribution in [0.15, 0.2) is 48.5 Å². The second kappa shape index (κ2) is 10.5. The Morgan fingerprint density at radius 3 is 2.38 bits per heavy atom. The van der Waals surface area contributed by atoms with Gasteiger partial charge in [0, 0.05) is 31.1 Å². The van der Waals surface area contributed by atoms with E-state index in [9.17, 15) is 14.0 Å². The number of halogens is 1. The third-order valence-corrected chi connectivity index (χ3v) is 7.81. The van der Waals surface area contributed by atoms with Crippen molar-refractivity contribution >= 4 is 23.2 Å². The molecular formula is C27H30FN3O2S. The zero-order chi connectivity index (χ0) is 24.2. The Morgan fingerprint density at radius 1 is 1.09 bits per heavy atom. The van der Waals surface area contributed by atoms with Crippen LogP contribution in [0.5, 0.6) is 0 Å². The number of aryl methyl sites for hydroxylation is 2. The standard InChI is InChI=1S/C27H30FN3O2S/c1-17-4-8-22(9-5-17)26-30-19(3)24(34-26)27(33)31-14-12-21(13-15-31)18(2)25(32)29-16-20-6-10-23(28)11-7-20/h4-11,18,21H,12-16H2,1-3H3,(H,29,32)/t18-/m0/s1.